The Morgan fingerprint density at radius 3 is 2.33 bits per heavy atom. The van der Waals surface area contributed by atoms with E-state index in [1.807, 2.05) is 0 Å². The van der Waals surface area contributed by atoms with Crippen molar-refractivity contribution >= 4 is 38.9 Å². The predicted octanol–water partition coefficient (Wildman–Crippen LogP) is 3.20. The van der Waals surface area contributed by atoms with Crippen molar-refractivity contribution in [3.8, 4) is 6.07 Å². The summed E-state index contributed by atoms with van der Waals surface area (Å²) in [5, 5.41) is 8.27. The molecule has 1 aromatic carbocycles. The molecule has 0 spiro atoms. The van der Waals surface area contributed by atoms with E-state index in [2.05, 4.69) is 9.71 Å². The highest BCUT2D eigenvalue weighted by Crippen LogP contribution is 2.33. The van der Waals surface area contributed by atoms with Gasteiger partial charge in [-0.05, 0) is 24.3 Å². The Morgan fingerprint density at radius 1 is 1.24 bits per heavy atom. The molecule has 1 heterocycles. The van der Waals surface area contributed by atoms with Gasteiger partial charge in [-0.25, -0.2) is 17.8 Å². The molecule has 0 saturated heterocycles. The number of pyridine rings is 1. The van der Waals surface area contributed by atoms with Crippen molar-refractivity contribution in [2.45, 2.75) is 4.90 Å². The summed E-state index contributed by atoms with van der Waals surface area (Å²) in [7, 11) is -4.01. The minimum Gasteiger partial charge on any atom is -0.277 e. The van der Waals surface area contributed by atoms with E-state index >= 15 is 0 Å². The number of hydrogen-bond acceptors (Lipinski definition) is 4. The van der Waals surface area contributed by atoms with Crippen LogP contribution in [-0.4, -0.2) is 13.4 Å². The number of aromatic nitrogens is 1. The molecule has 0 amide bonds. The normalized spacial score (nSPS) is 11.0. The second kappa shape index (κ2) is 5.85. The summed E-state index contributed by atoms with van der Waals surface area (Å²) in [5.41, 5.74) is -0.0594. The maximum absolute atomic E-state index is 13.1. The molecule has 0 saturated carbocycles. The SMILES string of the molecule is N#Cc1ccc(S(=O)(=O)Nc2c(Cl)cc(F)cc2Cl)cn1. The molecule has 5 nitrogen and oxygen atoms in total. The van der Waals surface area contributed by atoms with Gasteiger partial charge in [0.05, 0.1) is 15.7 Å². The van der Waals surface area contributed by atoms with Gasteiger partial charge in [0.2, 0.25) is 0 Å². The highest BCUT2D eigenvalue weighted by molar-refractivity contribution is 7.92. The van der Waals surface area contributed by atoms with Crippen LogP contribution in [0, 0.1) is 17.1 Å². The molecule has 0 aliphatic carbocycles. The largest absolute Gasteiger partial charge is 0.277 e. The molecule has 1 aromatic heterocycles. The van der Waals surface area contributed by atoms with Gasteiger partial charge < -0.3 is 0 Å². The summed E-state index contributed by atoms with van der Waals surface area (Å²) in [6, 6.07) is 6.10. The van der Waals surface area contributed by atoms with Crippen molar-refractivity contribution in [1.82, 2.24) is 4.98 Å². The van der Waals surface area contributed by atoms with Crippen molar-refractivity contribution in [3.05, 3.63) is 52.0 Å². The topological polar surface area (TPSA) is 82.8 Å². The number of rotatable bonds is 3. The number of anilines is 1. The molecule has 2 aromatic rings. The minimum atomic E-state index is -4.01. The fourth-order valence-corrected chi connectivity index (χ4v) is 3.15. The maximum Gasteiger partial charge on any atom is 0.263 e. The molecule has 0 aliphatic heterocycles. The third kappa shape index (κ3) is 3.42. The standard InChI is InChI=1S/C12H6Cl2FN3O2S/c13-10-3-7(15)4-11(14)12(10)18-21(19,20)9-2-1-8(5-16)17-6-9/h1-4,6,18H. The van der Waals surface area contributed by atoms with Crippen molar-refractivity contribution in [2.24, 2.45) is 0 Å². The van der Waals surface area contributed by atoms with Crippen molar-refractivity contribution in [3.63, 3.8) is 0 Å². The van der Waals surface area contributed by atoms with Crippen LogP contribution in [-0.2, 0) is 10.0 Å². The van der Waals surface area contributed by atoms with Gasteiger partial charge in [-0.2, -0.15) is 5.26 Å². The van der Waals surface area contributed by atoms with E-state index in [-0.39, 0.29) is 26.3 Å². The number of nitriles is 1. The average Bonchev–Trinajstić information content (AvgIpc) is 2.43. The quantitative estimate of drug-likeness (QED) is 0.925. The first-order chi connectivity index (χ1) is 9.83. The van der Waals surface area contributed by atoms with Crippen LogP contribution >= 0.6 is 23.2 Å². The van der Waals surface area contributed by atoms with Gasteiger partial charge in [0.15, 0.2) is 0 Å². The number of hydrogen-bond donors (Lipinski definition) is 1. The number of halogens is 3. The lowest BCUT2D eigenvalue weighted by Gasteiger charge is -2.11. The summed E-state index contributed by atoms with van der Waals surface area (Å²) < 4.78 is 39.5. The molecule has 9 heteroatoms. The van der Waals surface area contributed by atoms with E-state index in [4.69, 9.17) is 28.5 Å². The highest BCUT2D eigenvalue weighted by atomic mass is 35.5. The lowest BCUT2D eigenvalue weighted by Crippen LogP contribution is -2.14. The van der Waals surface area contributed by atoms with Gasteiger partial charge >= 0.3 is 0 Å². The second-order valence-corrected chi connectivity index (χ2v) is 6.34. The first-order valence-corrected chi connectivity index (χ1v) is 7.61. The van der Waals surface area contributed by atoms with Gasteiger partial charge in [-0.1, -0.05) is 23.2 Å². The molecule has 0 bridgehead atoms. The zero-order chi connectivity index (χ0) is 15.6. The maximum atomic E-state index is 13.1. The fraction of sp³-hybridized carbons (Fsp3) is 0. The molecular weight excluding hydrogens is 340 g/mol. The lowest BCUT2D eigenvalue weighted by molar-refractivity contribution is 0.600. The van der Waals surface area contributed by atoms with Crippen LogP contribution in [0.5, 0.6) is 0 Å². The fourth-order valence-electron chi connectivity index (χ4n) is 1.44. The first kappa shape index (κ1) is 15.5. The van der Waals surface area contributed by atoms with E-state index < -0.39 is 15.8 Å². The number of nitrogens with zero attached hydrogens (tertiary/aromatic N) is 2. The van der Waals surface area contributed by atoms with Gasteiger partial charge in [-0.15, -0.1) is 0 Å². The van der Waals surface area contributed by atoms with Gasteiger partial charge in [0.25, 0.3) is 10.0 Å². The van der Waals surface area contributed by atoms with E-state index in [1.54, 1.807) is 6.07 Å². The lowest BCUT2D eigenvalue weighted by atomic mass is 10.3. The van der Waals surface area contributed by atoms with E-state index in [9.17, 15) is 12.8 Å². The predicted molar refractivity (Wildman–Crippen MR) is 76.2 cm³/mol. The van der Waals surface area contributed by atoms with Crippen LogP contribution in [0.1, 0.15) is 5.69 Å². The first-order valence-electron chi connectivity index (χ1n) is 5.37. The van der Waals surface area contributed by atoms with E-state index in [0.29, 0.717) is 0 Å². The summed E-state index contributed by atoms with van der Waals surface area (Å²) in [6.07, 6.45) is 1.02. The molecule has 1 N–H and O–H groups in total. The molecule has 21 heavy (non-hydrogen) atoms. The van der Waals surface area contributed by atoms with Crippen LogP contribution in [0.2, 0.25) is 10.0 Å². The molecular formula is C12H6Cl2FN3O2S. The average molecular weight is 346 g/mol. The molecule has 0 atom stereocenters. The molecule has 108 valence electrons. The van der Waals surface area contributed by atoms with E-state index in [0.717, 1.165) is 18.3 Å². The summed E-state index contributed by atoms with van der Waals surface area (Å²) in [5.74, 6) is -0.687. The molecule has 0 radical (unpaired) electrons. The molecule has 0 unspecified atom stereocenters. The number of nitrogens with one attached hydrogen (secondary N) is 1. The van der Waals surface area contributed by atoms with Crippen LogP contribution in [0.25, 0.3) is 0 Å². The number of sulfonamides is 1. The molecule has 2 rings (SSSR count). The Morgan fingerprint density at radius 2 is 1.86 bits per heavy atom. The Bertz CT molecular complexity index is 810. The van der Waals surface area contributed by atoms with Gasteiger partial charge in [0, 0.05) is 6.20 Å². The Balaban J connectivity index is 2.40. The number of benzene rings is 1. The smallest absolute Gasteiger partial charge is 0.263 e. The Labute approximate surface area is 130 Å². The third-order valence-electron chi connectivity index (χ3n) is 2.40. The third-order valence-corrected chi connectivity index (χ3v) is 4.34. The summed E-state index contributed by atoms with van der Waals surface area (Å²) in [4.78, 5) is 3.48. The van der Waals surface area contributed by atoms with Crippen LogP contribution in [0.3, 0.4) is 0 Å². The van der Waals surface area contributed by atoms with Crippen molar-refractivity contribution in [2.75, 3.05) is 4.72 Å². The van der Waals surface area contributed by atoms with Crippen molar-refractivity contribution in [1.29, 1.82) is 5.26 Å². The summed E-state index contributed by atoms with van der Waals surface area (Å²) in [6.45, 7) is 0. The van der Waals surface area contributed by atoms with Gasteiger partial charge in [-0.3, -0.25) is 4.72 Å². The zero-order valence-electron chi connectivity index (χ0n) is 10.1. The Kier molecular flexibility index (Phi) is 4.32. The van der Waals surface area contributed by atoms with Crippen LogP contribution in [0.15, 0.2) is 35.4 Å². The zero-order valence-corrected chi connectivity index (χ0v) is 12.5. The van der Waals surface area contributed by atoms with Gasteiger partial charge in [0.1, 0.15) is 22.5 Å². The van der Waals surface area contributed by atoms with E-state index in [1.165, 1.54) is 12.1 Å². The van der Waals surface area contributed by atoms with Crippen molar-refractivity contribution < 1.29 is 12.8 Å². The second-order valence-electron chi connectivity index (χ2n) is 3.84. The highest BCUT2D eigenvalue weighted by Gasteiger charge is 2.19. The van der Waals surface area contributed by atoms with Crippen LogP contribution < -0.4 is 4.72 Å². The monoisotopic (exact) mass is 345 g/mol. The summed E-state index contributed by atoms with van der Waals surface area (Å²) >= 11 is 11.5. The van der Waals surface area contributed by atoms with Crippen LogP contribution in [0.4, 0.5) is 10.1 Å². The Hall–Kier alpha value is -1.88. The molecule has 0 aliphatic rings. The molecule has 0 fully saturated rings. The minimum absolute atomic E-state index is 0.0757.